The minimum Gasteiger partial charge on any atom is -0.480 e. The number of rotatable bonds is 30. The van der Waals surface area contributed by atoms with E-state index in [9.17, 15) is 43.5 Å². The summed E-state index contributed by atoms with van der Waals surface area (Å²) in [5, 5.41) is 15.6. The van der Waals surface area contributed by atoms with Crippen LogP contribution < -0.4 is 10.6 Å². The fourth-order valence-corrected chi connectivity index (χ4v) is 10.8. The summed E-state index contributed by atoms with van der Waals surface area (Å²) in [5.41, 5.74) is 0.764. The Kier molecular flexibility index (Phi) is 24.6. The smallest absolute Gasteiger partial charge is 0.326 e. The van der Waals surface area contributed by atoms with Crippen molar-refractivity contribution >= 4 is 47.3 Å². The molecule has 17 heteroatoms. The monoisotopic (exact) mass is 997 g/mol. The summed E-state index contributed by atoms with van der Waals surface area (Å²) < 4.78 is 12.0. The number of benzene rings is 1. The topological polar surface area (TPSA) is 212 Å². The van der Waals surface area contributed by atoms with E-state index in [0.29, 0.717) is 51.6 Å². The average Bonchev–Trinajstić information content (AvgIpc) is 3.93. The number of ether oxygens (including phenoxy) is 2. The number of nitrogens with one attached hydrogen (secondary N) is 2. The van der Waals surface area contributed by atoms with Crippen LogP contribution in [0, 0.1) is 35.5 Å². The second kappa shape index (κ2) is 29.0. The Morgan fingerprint density at radius 3 is 2.01 bits per heavy atom. The molecule has 1 aromatic rings. The number of unbranched alkanes of at least 4 members (excludes halogenated alkanes) is 2. The van der Waals surface area contributed by atoms with Gasteiger partial charge in [-0.3, -0.25) is 38.5 Å². The molecule has 3 N–H and O–H groups in total. The molecular weight excluding hydrogens is 909 g/mol. The third kappa shape index (κ3) is 16.0. The third-order valence-electron chi connectivity index (χ3n) is 15.3. The Morgan fingerprint density at radius 1 is 0.817 bits per heavy atom. The number of carbonyl (C=O) groups is 8. The van der Waals surface area contributed by atoms with E-state index in [1.54, 1.807) is 55.1 Å². The number of likely N-dealkylation sites (N-methyl/N-ethyl adjacent to an activating group) is 2. The van der Waals surface area contributed by atoms with Crippen molar-refractivity contribution in [2.24, 2.45) is 35.5 Å². The first-order valence-electron chi connectivity index (χ1n) is 26.2. The number of aliphatic carboxylic acids is 1. The number of nitrogens with zero attached hydrogens (tertiary/aromatic N) is 4. The third-order valence-corrected chi connectivity index (χ3v) is 15.3. The Morgan fingerprint density at radius 2 is 1.46 bits per heavy atom. The van der Waals surface area contributed by atoms with Gasteiger partial charge in [0.1, 0.15) is 18.1 Å². The minimum atomic E-state index is -1.16. The highest BCUT2D eigenvalue weighted by Crippen LogP contribution is 2.32. The van der Waals surface area contributed by atoms with E-state index in [2.05, 4.69) is 10.6 Å². The zero-order chi connectivity index (χ0) is 53.3. The number of likely N-dealkylation sites (tertiary alicyclic amines) is 2. The van der Waals surface area contributed by atoms with Crippen LogP contribution in [0.2, 0.25) is 0 Å². The molecule has 2 heterocycles. The Balaban J connectivity index is 1.69. The number of hydrogen-bond acceptors (Lipinski definition) is 10. The van der Waals surface area contributed by atoms with Crippen LogP contribution >= 0.6 is 0 Å². The zero-order valence-electron chi connectivity index (χ0n) is 45.1. The SMILES string of the molecule is CCC(CC)C1CC(=O)N(CCCCCC(=O)N(C)[C@H](C(=O)N[C@H](C(=O)N(C)[C@@H]([C@@H](C)CC)[C@@H](CC(=O)N2CCC[C@H]2[C@H](OC)[C@@H](C)C(=O)N[C@@H](Cc2ccccc2)C(=O)O)OC)C(C)C)C(C)C)C1=O. The van der Waals surface area contributed by atoms with Crippen molar-refractivity contribution in [2.75, 3.05) is 41.4 Å². The van der Waals surface area contributed by atoms with Crippen LogP contribution in [0.5, 0.6) is 0 Å². The van der Waals surface area contributed by atoms with Crippen LogP contribution in [-0.2, 0) is 54.3 Å². The van der Waals surface area contributed by atoms with Crippen molar-refractivity contribution < 1.29 is 52.9 Å². The first-order chi connectivity index (χ1) is 33.6. The highest BCUT2D eigenvalue weighted by molar-refractivity contribution is 6.03. The van der Waals surface area contributed by atoms with Gasteiger partial charge in [0.25, 0.3) is 0 Å². The van der Waals surface area contributed by atoms with Gasteiger partial charge in [-0.1, -0.05) is 118 Å². The average molecular weight is 997 g/mol. The standard InChI is InChI=1S/C54H88N6O11/c1-14-35(8)48(42(70-12)32-45(63)59-29-23-26-41(59)49(71-13)36(9)50(64)55-40(54(68)69)30-37-24-19-17-20-25-37)58(11)53(67)46(33(4)5)56-51(65)47(34(6)7)57(10)43(61)27-21-18-22-28-60-44(62)31-39(52(60)66)38(15-2)16-3/h17,19-20,24-25,33-36,38-42,46-49H,14-16,18,21-23,26-32H2,1-13H3,(H,55,64)(H,56,65)(H,68,69)/t35-,36+,39?,40-,41-,42+,46-,47-,48-,49+/m0/s1. The quantitative estimate of drug-likeness (QED) is 0.0627. The lowest BCUT2D eigenvalue weighted by atomic mass is 9.87. The Labute approximate surface area is 423 Å². The molecule has 2 saturated heterocycles. The molecule has 17 nitrogen and oxygen atoms in total. The molecule has 2 aliphatic rings. The first-order valence-corrected chi connectivity index (χ1v) is 26.2. The summed E-state index contributed by atoms with van der Waals surface area (Å²) in [6, 6.07) is 4.98. The molecule has 400 valence electrons. The predicted octanol–water partition coefficient (Wildman–Crippen LogP) is 5.71. The summed E-state index contributed by atoms with van der Waals surface area (Å²) in [6.45, 7) is 17.9. The van der Waals surface area contributed by atoms with Crippen molar-refractivity contribution in [1.82, 2.24) is 30.2 Å². The van der Waals surface area contributed by atoms with Gasteiger partial charge in [0.05, 0.1) is 42.5 Å². The van der Waals surface area contributed by atoms with Gasteiger partial charge in [-0.25, -0.2) is 4.79 Å². The van der Waals surface area contributed by atoms with Crippen LogP contribution in [0.1, 0.15) is 139 Å². The van der Waals surface area contributed by atoms with Crippen LogP contribution in [0.3, 0.4) is 0 Å². The fraction of sp³-hybridized carbons (Fsp3) is 0.741. The van der Waals surface area contributed by atoms with Gasteiger partial charge in [0, 0.05) is 60.7 Å². The van der Waals surface area contributed by atoms with E-state index in [-0.39, 0.29) is 84.8 Å². The van der Waals surface area contributed by atoms with E-state index >= 15 is 0 Å². The largest absolute Gasteiger partial charge is 0.480 e. The van der Waals surface area contributed by atoms with E-state index in [1.165, 1.54) is 24.0 Å². The van der Waals surface area contributed by atoms with Crippen LogP contribution in [0.15, 0.2) is 30.3 Å². The summed E-state index contributed by atoms with van der Waals surface area (Å²) in [5.74, 6) is -4.80. The molecule has 2 aliphatic heterocycles. The fourth-order valence-electron chi connectivity index (χ4n) is 10.8. The molecule has 0 bridgehead atoms. The number of carboxylic acids is 1. The van der Waals surface area contributed by atoms with Crippen molar-refractivity contribution in [3.8, 4) is 0 Å². The maximum Gasteiger partial charge on any atom is 0.326 e. The van der Waals surface area contributed by atoms with E-state index in [1.807, 2.05) is 61.5 Å². The van der Waals surface area contributed by atoms with Crippen molar-refractivity contribution in [1.29, 1.82) is 0 Å². The molecule has 0 aromatic heterocycles. The molecule has 7 amide bonds. The molecule has 3 rings (SSSR count). The number of methoxy groups -OCH3 is 2. The van der Waals surface area contributed by atoms with E-state index < -0.39 is 66.1 Å². The molecular formula is C54H88N6O11. The molecule has 71 heavy (non-hydrogen) atoms. The van der Waals surface area contributed by atoms with Gasteiger partial charge in [0.2, 0.25) is 41.4 Å². The summed E-state index contributed by atoms with van der Waals surface area (Å²) in [7, 11) is 6.25. The summed E-state index contributed by atoms with van der Waals surface area (Å²) in [4.78, 5) is 114. The van der Waals surface area contributed by atoms with Crippen molar-refractivity contribution in [2.45, 2.75) is 182 Å². The van der Waals surface area contributed by atoms with E-state index in [0.717, 1.165) is 18.4 Å². The van der Waals surface area contributed by atoms with E-state index in [4.69, 9.17) is 9.47 Å². The van der Waals surface area contributed by atoms with Crippen LogP contribution in [0.4, 0.5) is 0 Å². The number of imide groups is 1. The van der Waals surface area contributed by atoms with Gasteiger partial charge in [-0.15, -0.1) is 0 Å². The number of amides is 7. The first kappa shape index (κ1) is 60.4. The molecule has 10 atom stereocenters. The highest BCUT2D eigenvalue weighted by atomic mass is 16.5. The number of carbonyl (C=O) groups excluding carboxylic acids is 7. The minimum absolute atomic E-state index is 0.0802. The maximum absolute atomic E-state index is 14.6. The van der Waals surface area contributed by atoms with Crippen LogP contribution in [-0.4, -0.2) is 156 Å². The lowest BCUT2D eigenvalue weighted by Gasteiger charge is -2.41. The number of carboxylic acid groups (broad SMARTS) is 1. The molecule has 0 radical (unpaired) electrons. The van der Waals surface area contributed by atoms with Crippen molar-refractivity contribution in [3.63, 3.8) is 0 Å². The Hall–Kier alpha value is -4.90. The van der Waals surface area contributed by atoms with Gasteiger partial charge < -0.3 is 39.9 Å². The summed E-state index contributed by atoms with van der Waals surface area (Å²) in [6.07, 6.45) is 4.29. The van der Waals surface area contributed by atoms with Gasteiger partial charge in [-0.05, 0) is 54.9 Å². The molecule has 1 aromatic carbocycles. The molecule has 0 saturated carbocycles. The Bertz CT molecular complexity index is 1930. The molecule has 1 unspecified atom stereocenters. The molecule has 2 fully saturated rings. The van der Waals surface area contributed by atoms with Gasteiger partial charge in [0.15, 0.2) is 0 Å². The lowest BCUT2D eigenvalue weighted by molar-refractivity contribution is -0.149. The van der Waals surface area contributed by atoms with Gasteiger partial charge in [-0.2, -0.15) is 0 Å². The van der Waals surface area contributed by atoms with Crippen molar-refractivity contribution in [3.05, 3.63) is 35.9 Å². The van der Waals surface area contributed by atoms with Gasteiger partial charge >= 0.3 is 5.97 Å². The second-order valence-electron chi connectivity index (χ2n) is 20.7. The zero-order valence-corrected chi connectivity index (χ0v) is 45.1. The number of hydrogen-bond donors (Lipinski definition) is 3. The predicted molar refractivity (Wildman–Crippen MR) is 271 cm³/mol. The normalized spacial score (nSPS) is 19.5. The van der Waals surface area contributed by atoms with Crippen LogP contribution in [0.25, 0.3) is 0 Å². The highest BCUT2D eigenvalue weighted by Gasteiger charge is 2.44. The lowest BCUT2D eigenvalue weighted by Crippen LogP contribution is -2.60. The molecule has 0 aliphatic carbocycles. The summed E-state index contributed by atoms with van der Waals surface area (Å²) >= 11 is 0. The second-order valence-corrected chi connectivity index (χ2v) is 20.7. The maximum atomic E-state index is 14.6. The molecule has 0 spiro atoms.